The van der Waals surface area contributed by atoms with Crippen LogP contribution in [0.1, 0.15) is 15.2 Å². The fraction of sp³-hybridized carbons (Fsp3) is 0.0588. The van der Waals surface area contributed by atoms with Gasteiger partial charge in [0.1, 0.15) is 11.7 Å². The minimum atomic E-state index is -0.381. The first kappa shape index (κ1) is 15.3. The summed E-state index contributed by atoms with van der Waals surface area (Å²) in [5.74, 6) is -0.357. The Morgan fingerprint density at radius 1 is 1.20 bits per heavy atom. The van der Waals surface area contributed by atoms with Crippen molar-refractivity contribution in [2.45, 2.75) is 6.92 Å². The van der Waals surface area contributed by atoms with Gasteiger partial charge in [-0.2, -0.15) is 5.10 Å². The molecule has 0 saturated carbocycles. The van der Waals surface area contributed by atoms with E-state index in [0.717, 1.165) is 15.9 Å². The van der Waals surface area contributed by atoms with E-state index in [-0.39, 0.29) is 11.5 Å². The van der Waals surface area contributed by atoms with E-state index in [1.165, 1.54) is 23.9 Å². The van der Waals surface area contributed by atoms with Crippen LogP contribution in [0.4, 0.5) is 0 Å². The maximum Gasteiger partial charge on any atom is 0.283 e. The average molecular weight is 351 g/mol. The van der Waals surface area contributed by atoms with Crippen molar-refractivity contribution in [1.82, 2.24) is 19.4 Å². The number of nitrogens with one attached hydrogen (secondary N) is 1. The molecular weight excluding hydrogens is 338 g/mol. The number of nitrogens with zero attached hydrogens (tertiary/aromatic N) is 4. The highest BCUT2D eigenvalue weighted by Gasteiger charge is 2.13. The molecule has 0 aliphatic heterocycles. The minimum Gasteiger partial charge on any atom is -0.267 e. The number of hydrogen-bond donors (Lipinski definition) is 1. The van der Waals surface area contributed by atoms with E-state index in [1.54, 1.807) is 22.2 Å². The van der Waals surface area contributed by atoms with Crippen LogP contribution >= 0.6 is 11.3 Å². The van der Waals surface area contributed by atoms with Gasteiger partial charge in [-0.1, -0.05) is 23.8 Å². The number of aromatic nitrogens is 4. The van der Waals surface area contributed by atoms with E-state index in [2.05, 4.69) is 15.5 Å². The van der Waals surface area contributed by atoms with Gasteiger partial charge in [0.15, 0.2) is 5.65 Å². The molecule has 25 heavy (non-hydrogen) atoms. The molecule has 4 aromatic rings. The van der Waals surface area contributed by atoms with Crippen molar-refractivity contribution in [1.29, 1.82) is 0 Å². The average Bonchev–Trinajstić information content (AvgIpc) is 3.28. The van der Waals surface area contributed by atoms with E-state index < -0.39 is 0 Å². The predicted molar refractivity (Wildman–Crippen MR) is 95.9 cm³/mol. The van der Waals surface area contributed by atoms with Crippen LogP contribution in [0.3, 0.4) is 0 Å². The number of amides is 1. The summed E-state index contributed by atoms with van der Waals surface area (Å²) in [5, 5.41) is 6.38. The summed E-state index contributed by atoms with van der Waals surface area (Å²) in [6, 6.07) is 11.2. The molecule has 0 fully saturated rings. The van der Waals surface area contributed by atoms with Gasteiger partial charge in [-0.25, -0.2) is 14.3 Å². The molecule has 8 heteroatoms. The van der Waals surface area contributed by atoms with Crippen LogP contribution in [-0.2, 0) is 0 Å². The minimum absolute atomic E-state index is 0.328. The topological polar surface area (TPSA) is 81.8 Å². The van der Waals surface area contributed by atoms with Crippen LogP contribution in [0.5, 0.6) is 0 Å². The third-order valence-electron chi connectivity index (χ3n) is 3.73. The molecule has 0 radical (unpaired) electrons. The smallest absolute Gasteiger partial charge is 0.267 e. The Morgan fingerprint density at radius 2 is 2.00 bits per heavy atom. The summed E-state index contributed by atoms with van der Waals surface area (Å²) in [5.41, 5.74) is 4.54. The summed E-state index contributed by atoms with van der Waals surface area (Å²) in [7, 11) is 0. The van der Waals surface area contributed by atoms with Gasteiger partial charge < -0.3 is 0 Å². The van der Waals surface area contributed by atoms with E-state index in [0.29, 0.717) is 15.9 Å². The largest absolute Gasteiger partial charge is 0.283 e. The zero-order chi connectivity index (χ0) is 17.4. The summed E-state index contributed by atoms with van der Waals surface area (Å²) >= 11 is 1.30. The number of rotatable bonds is 3. The summed E-state index contributed by atoms with van der Waals surface area (Å²) < 4.78 is 2.67. The standard InChI is InChI=1S/C17H13N5O2S/c1-11-4-6-12(7-5-11)22-15-13(9-19-22)17(24)21(10-18-15)20-16(23)14-3-2-8-25-14/h2-10H,1H3,(H,20,23). The Balaban J connectivity index is 1.73. The summed E-state index contributed by atoms with van der Waals surface area (Å²) in [6.45, 7) is 2.00. The highest BCUT2D eigenvalue weighted by Crippen LogP contribution is 2.14. The van der Waals surface area contributed by atoms with Gasteiger partial charge in [-0.05, 0) is 30.5 Å². The van der Waals surface area contributed by atoms with E-state index in [1.807, 2.05) is 31.2 Å². The van der Waals surface area contributed by atoms with E-state index in [4.69, 9.17) is 0 Å². The number of carbonyl (C=O) groups is 1. The molecule has 0 saturated heterocycles. The fourth-order valence-electron chi connectivity index (χ4n) is 2.44. The Labute approximate surface area is 146 Å². The first-order valence-electron chi connectivity index (χ1n) is 7.51. The zero-order valence-electron chi connectivity index (χ0n) is 13.2. The highest BCUT2D eigenvalue weighted by atomic mass is 32.1. The first-order valence-corrected chi connectivity index (χ1v) is 8.39. The van der Waals surface area contributed by atoms with E-state index >= 15 is 0 Å². The molecule has 1 amide bonds. The molecule has 0 bridgehead atoms. The Kier molecular flexibility index (Phi) is 3.66. The predicted octanol–water partition coefficient (Wildman–Crippen LogP) is 2.34. The number of benzene rings is 1. The van der Waals surface area contributed by atoms with Crippen molar-refractivity contribution < 1.29 is 4.79 Å². The maximum atomic E-state index is 12.6. The molecule has 4 rings (SSSR count). The lowest BCUT2D eigenvalue weighted by Gasteiger charge is -2.07. The monoisotopic (exact) mass is 351 g/mol. The van der Waals surface area contributed by atoms with Crippen molar-refractivity contribution in [2.24, 2.45) is 0 Å². The molecule has 7 nitrogen and oxygen atoms in total. The van der Waals surface area contributed by atoms with Crippen LogP contribution < -0.4 is 11.0 Å². The Bertz CT molecular complexity index is 1110. The molecule has 1 N–H and O–H groups in total. The van der Waals surface area contributed by atoms with Gasteiger partial charge in [0.2, 0.25) is 0 Å². The molecule has 0 spiro atoms. The van der Waals surface area contributed by atoms with E-state index in [9.17, 15) is 9.59 Å². The SMILES string of the molecule is Cc1ccc(-n2ncc3c(=O)n(NC(=O)c4cccs4)cnc32)cc1. The quantitative estimate of drug-likeness (QED) is 0.614. The molecule has 124 valence electrons. The molecule has 1 aromatic carbocycles. The van der Waals surface area contributed by atoms with Crippen molar-refractivity contribution in [3.8, 4) is 5.69 Å². The molecule has 0 unspecified atom stereocenters. The molecular formula is C17H13N5O2S. The van der Waals surface area contributed by atoms with Crippen LogP contribution in [-0.4, -0.2) is 25.3 Å². The number of hydrogen-bond acceptors (Lipinski definition) is 5. The lowest BCUT2D eigenvalue weighted by Crippen LogP contribution is -2.32. The molecule has 3 aromatic heterocycles. The second-order valence-corrected chi connectivity index (χ2v) is 6.41. The number of carbonyl (C=O) groups excluding carboxylic acids is 1. The van der Waals surface area contributed by atoms with Gasteiger partial charge in [0, 0.05) is 0 Å². The number of thiophene rings is 1. The fourth-order valence-corrected chi connectivity index (χ4v) is 3.05. The highest BCUT2D eigenvalue weighted by molar-refractivity contribution is 7.12. The second-order valence-electron chi connectivity index (χ2n) is 5.47. The lowest BCUT2D eigenvalue weighted by atomic mass is 10.2. The normalized spacial score (nSPS) is 10.9. The van der Waals surface area contributed by atoms with Gasteiger partial charge >= 0.3 is 0 Å². The van der Waals surface area contributed by atoms with Gasteiger partial charge in [-0.15, -0.1) is 11.3 Å². The molecule has 0 aliphatic carbocycles. The van der Waals surface area contributed by atoms with Crippen LogP contribution in [0.2, 0.25) is 0 Å². The third kappa shape index (κ3) is 2.72. The van der Waals surface area contributed by atoms with Crippen molar-refractivity contribution in [3.05, 3.63) is 75.1 Å². The lowest BCUT2D eigenvalue weighted by molar-refractivity contribution is 0.101. The number of aryl methyl sites for hydroxylation is 1. The van der Waals surface area contributed by atoms with Crippen LogP contribution in [0.15, 0.2) is 59.1 Å². The zero-order valence-corrected chi connectivity index (χ0v) is 14.0. The van der Waals surface area contributed by atoms with Gasteiger partial charge in [-0.3, -0.25) is 15.0 Å². The maximum absolute atomic E-state index is 12.6. The second kappa shape index (κ2) is 5.99. The third-order valence-corrected chi connectivity index (χ3v) is 4.60. The molecule has 0 atom stereocenters. The van der Waals surface area contributed by atoms with Gasteiger partial charge in [0.25, 0.3) is 11.5 Å². The van der Waals surface area contributed by atoms with Crippen molar-refractivity contribution >= 4 is 28.3 Å². The van der Waals surface area contributed by atoms with Crippen LogP contribution in [0.25, 0.3) is 16.7 Å². The molecule has 3 heterocycles. The van der Waals surface area contributed by atoms with Crippen LogP contribution in [0, 0.1) is 6.92 Å². The Morgan fingerprint density at radius 3 is 2.72 bits per heavy atom. The van der Waals surface area contributed by atoms with Crippen molar-refractivity contribution in [2.75, 3.05) is 5.43 Å². The first-order chi connectivity index (χ1) is 12.1. The van der Waals surface area contributed by atoms with Gasteiger partial charge in [0.05, 0.1) is 16.8 Å². The van der Waals surface area contributed by atoms with Crippen molar-refractivity contribution in [3.63, 3.8) is 0 Å². The number of fused-ring (bicyclic) bond motifs is 1. The molecule has 0 aliphatic rings. The Hall–Kier alpha value is -3.26. The summed E-state index contributed by atoms with van der Waals surface area (Å²) in [6.07, 6.45) is 2.75. The summed E-state index contributed by atoms with van der Waals surface area (Å²) in [4.78, 5) is 29.5.